The van der Waals surface area contributed by atoms with Gasteiger partial charge >= 0.3 is 5.97 Å². The molecule has 1 heterocycles. The van der Waals surface area contributed by atoms with Crippen LogP contribution in [0.15, 0.2) is 54.6 Å². The topological polar surface area (TPSA) is 49.9 Å². The molecule has 3 rings (SSSR count). The molecule has 1 atom stereocenters. The Morgan fingerprint density at radius 3 is 2.17 bits per heavy atom. The molecule has 0 radical (unpaired) electrons. The van der Waals surface area contributed by atoms with E-state index in [1.807, 2.05) is 44.2 Å². The number of halogens is 1. The Kier molecular flexibility index (Phi) is 7.15. The number of nitrogens with zero attached hydrogens (tertiary/aromatic N) is 2. The van der Waals surface area contributed by atoms with Crippen LogP contribution in [-0.4, -0.2) is 49.6 Å². The van der Waals surface area contributed by atoms with Crippen molar-refractivity contribution in [2.45, 2.75) is 19.8 Å². The van der Waals surface area contributed by atoms with Crippen molar-refractivity contribution in [3.8, 4) is 0 Å². The first kappa shape index (κ1) is 21.2. The highest BCUT2D eigenvalue weighted by Gasteiger charge is 2.28. The van der Waals surface area contributed by atoms with Crippen molar-refractivity contribution in [3.63, 3.8) is 0 Å². The fourth-order valence-electron chi connectivity index (χ4n) is 3.63. The molecule has 6 heteroatoms. The van der Waals surface area contributed by atoms with E-state index in [-0.39, 0.29) is 24.4 Å². The van der Waals surface area contributed by atoms with E-state index in [2.05, 4.69) is 17.0 Å². The SMILES string of the molecule is CC(C)[C@H](C(=O)OCC(=O)N1CCN(c2ccccc2)CC1)c1ccc(Cl)cc1. The number of esters is 1. The molecule has 0 saturated carbocycles. The molecule has 1 amide bonds. The number of ether oxygens (including phenoxy) is 1. The minimum Gasteiger partial charge on any atom is -0.455 e. The third kappa shape index (κ3) is 5.51. The lowest BCUT2D eigenvalue weighted by Gasteiger charge is -2.36. The van der Waals surface area contributed by atoms with Crippen molar-refractivity contribution in [3.05, 3.63) is 65.2 Å². The number of piperazine rings is 1. The Labute approximate surface area is 177 Å². The highest BCUT2D eigenvalue weighted by molar-refractivity contribution is 6.30. The molecule has 0 N–H and O–H groups in total. The summed E-state index contributed by atoms with van der Waals surface area (Å²) in [5.74, 6) is -0.897. The second kappa shape index (κ2) is 9.79. The summed E-state index contributed by atoms with van der Waals surface area (Å²) in [4.78, 5) is 29.2. The maximum Gasteiger partial charge on any atom is 0.314 e. The zero-order valence-electron chi connectivity index (χ0n) is 16.9. The van der Waals surface area contributed by atoms with Gasteiger partial charge in [0.1, 0.15) is 0 Å². The van der Waals surface area contributed by atoms with E-state index in [1.165, 1.54) is 0 Å². The second-order valence-electron chi connectivity index (χ2n) is 7.58. The number of para-hydroxylation sites is 1. The Balaban J connectivity index is 1.52. The van der Waals surface area contributed by atoms with E-state index >= 15 is 0 Å². The third-order valence-corrected chi connectivity index (χ3v) is 5.49. The summed E-state index contributed by atoms with van der Waals surface area (Å²) in [6.45, 7) is 6.48. The molecular weight excluding hydrogens is 388 g/mol. The van der Waals surface area contributed by atoms with E-state index < -0.39 is 5.92 Å². The monoisotopic (exact) mass is 414 g/mol. The van der Waals surface area contributed by atoms with Crippen LogP contribution in [0.2, 0.25) is 5.02 Å². The van der Waals surface area contributed by atoms with Gasteiger partial charge < -0.3 is 14.5 Å². The van der Waals surface area contributed by atoms with E-state index in [9.17, 15) is 9.59 Å². The molecule has 0 aliphatic carbocycles. The molecule has 2 aromatic carbocycles. The van der Waals surface area contributed by atoms with Gasteiger partial charge in [-0.25, -0.2) is 0 Å². The van der Waals surface area contributed by atoms with Gasteiger partial charge in [0.05, 0.1) is 5.92 Å². The van der Waals surface area contributed by atoms with Crippen LogP contribution in [0.1, 0.15) is 25.3 Å². The van der Waals surface area contributed by atoms with Crippen molar-refractivity contribution >= 4 is 29.2 Å². The van der Waals surface area contributed by atoms with Crippen molar-refractivity contribution < 1.29 is 14.3 Å². The molecule has 29 heavy (non-hydrogen) atoms. The van der Waals surface area contributed by atoms with E-state index in [0.29, 0.717) is 18.1 Å². The van der Waals surface area contributed by atoms with Gasteiger partial charge in [-0.2, -0.15) is 0 Å². The molecule has 0 spiro atoms. The average molecular weight is 415 g/mol. The number of anilines is 1. The van der Waals surface area contributed by atoms with Crippen LogP contribution in [0, 0.1) is 5.92 Å². The molecule has 1 fully saturated rings. The van der Waals surface area contributed by atoms with Crippen LogP contribution in [-0.2, 0) is 14.3 Å². The summed E-state index contributed by atoms with van der Waals surface area (Å²) in [5.41, 5.74) is 2.01. The molecule has 0 bridgehead atoms. The Bertz CT molecular complexity index is 816. The third-order valence-electron chi connectivity index (χ3n) is 5.24. The standard InChI is InChI=1S/C23H27ClN2O3/c1-17(2)22(18-8-10-19(24)11-9-18)23(28)29-16-21(27)26-14-12-25(13-15-26)20-6-4-3-5-7-20/h3-11,17,22H,12-16H2,1-2H3/t22-/m0/s1. The second-order valence-corrected chi connectivity index (χ2v) is 8.02. The van der Waals surface area contributed by atoms with Gasteiger partial charge in [0.2, 0.25) is 0 Å². The number of rotatable bonds is 6. The summed E-state index contributed by atoms with van der Waals surface area (Å²) in [6, 6.07) is 17.3. The molecular formula is C23H27ClN2O3. The van der Waals surface area contributed by atoms with E-state index in [4.69, 9.17) is 16.3 Å². The van der Waals surface area contributed by atoms with Crippen molar-refractivity contribution in [2.24, 2.45) is 5.92 Å². The minimum absolute atomic E-state index is 0.0493. The van der Waals surface area contributed by atoms with Gasteiger partial charge in [-0.05, 0) is 35.7 Å². The predicted molar refractivity (Wildman–Crippen MR) is 115 cm³/mol. The number of benzene rings is 2. The first-order chi connectivity index (χ1) is 14.0. The number of carbonyl (C=O) groups is 2. The molecule has 2 aromatic rings. The largest absolute Gasteiger partial charge is 0.455 e. The number of hydrogen-bond donors (Lipinski definition) is 0. The average Bonchev–Trinajstić information content (AvgIpc) is 2.74. The Hall–Kier alpha value is -2.53. The van der Waals surface area contributed by atoms with Crippen LogP contribution in [0.5, 0.6) is 0 Å². The fourth-order valence-corrected chi connectivity index (χ4v) is 3.76. The van der Waals surface area contributed by atoms with Crippen molar-refractivity contribution in [1.29, 1.82) is 0 Å². The van der Waals surface area contributed by atoms with Crippen LogP contribution in [0.25, 0.3) is 0 Å². The zero-order chi connectivity index (χ0) is 20.8. The molecule has 0 unspecified atom stereocenters. The van der Waals surface area contributed by atoms with Gasteiger partial charge in [0.15, 0.2) is 6.61 Å². The quantitative estimate of drug-likeness (QED) is 0.671. The summed E-state index contributed by atoms with van der Waals surface area (Å²) >= 11 is 5.94. The van der Waals surface area contributed by atoms with Gasteiger partial charge in [0.25, 0.3) is 5.91 Å². The first-order valence-electron chi connectivity index (χ1n) is 9.95. The van der Waals surface area contributed by atoms with Crippen LogP contribution in [0.4, 0.5) is 5.69 Å². The Morgan fingerprint density at radius 2 is 1.59 bits per heavy atom. The highest BCUT2D eigenvalue weighted by atomic mass is 35.5. The molecule has 1 saturated heterocycles. The number of carbonyl (C=O) groups excluding carboxylic acids is 2. The highest BCUT2D eigenvalue weighted by Crippen LogP contribution is 2.27. The lowest BCUT2D eigenvalue weighted by Crippen LogP contribution is -2.50. The lowest BCUT2D eigenvalue weighted by molar-refractivity contribution is -0.154. The fraction of sp³-hybridized carbons (Fsp3) is 0.391. The molecule has 0 aromatic heterocycles. The maximum absolute atomic E-state index is 12.7. The predicted octanol–water partition coefficient (Wildman–Crippen LogP) is 3.97. The number of amides is 1. The summed E-state index contributed by atoms with van der Waals surface area (Å²) in [5, 5.41) is 0.620. The maximum atomic E-state index is 12.7. The molecule has 5 nitrogen and oxygen atoms in total. The smallest absolute Gasteiger partial charge is 0.314 e. The van der Waals surface area contributed by atoms with Crippen molar-refractivity contribution in [2.75, 3.05) is 37.7 Å². The Morgan fingerprint density at radius 1 is 0.966 bits per heavy atom. The zero-order valence-corrected chi connectivity index (χ0v) is 17.6. The van der Waals surface area contributed by atoms with Crippen LogP contribution >= 0.6 is 11.6 Å². The van der Waals surface area contributed by atoms with Gasteiger partial charge in [0, 0.05) is 36.9 Å². The molecule has 1 aliphatic heterocycles. The lowest BCUT2D eigenvalue weighted by atomic mass is 9.88. The van der Waals surface area contributed by atoms with Gasteiger partial charge in [-0.15, -0.1) is 0 Å². The van der Waals surface area contributed by atoms with Gasteiger partial charge in [-0.1, -0.05) is 55.8 Å². The molecule has 154 valence electrons. The van der Waals surface area contributed by atoms with E-state index in [0.717, 1.165) is 24.3 Å². The summed E-state index contributed by atoms with van der Waals surface area (Å²) in [6.07, 6.45) is 0. The van der Waals surface area contributed by atoms with Crippen molar-refractivity contribution in [1.82, 2.24) is 4.90 Å². The summed E-state index contributed by atoms with van der Waals surface area (Å²) < 4.78 is 5.40. The van der Waals surface area contributed by atoms with E-state index in [1.54, 1.807) is 17.0 Å². The van der Waals surface area contributed by atoms with Crippen LogP contribution < -0.4 is 4.90 Å². The number of hydrogen-bond acceptors (Lipinski definition) is 4. The summed E-state index contributed by atoms with van der Waals surface area (Å²) in [7, 11) is 0. The van der Waals surface area contributed by atoms with Gasteiger partial charge in [-0.3, -0.25) is 9.59 Å². The normalized spacial score (nSPS) is 15.3. The minimum atomic E-state index is -0.421. The first-order valence-corrected chi connectivity index (χ1v) is 10.3. The molecule has 1 aliphatic rings. The van der Waals surface area contributed by atoms with Crippen LogP contribution in [0.3, 0.4) is 0 Å².